The van der Waals surface area contributed by atoms with Gasteiger partial charge in [0.1, 0.15) is 0 Å². The van der Waals surface area contributed by atoms with Crippen LogP contribution in [0.15, 0.2) is 18.3 Å². The molecule has 1 N–H and O–H groups in total. The van der Waals surface area contributed by atoms with Crippen molar-refractivity contribution in [3.8, 4) is 0 Å². The lowest BCUT2D eigenvalue weighted by Gasteiger charge is -1.78. The zero-order valence-electron chi connectivity index (χ0n) is 5.88. The van der Waals surface area contributed by atoms with Crippen molar-refractivity contribution in [2.75, 3.05) is 5.88 Å². The van der Waals surface area contributed by atoms with Gasteiger partial charge in [0.15, 0.2) is 6.29 Å². The quantitative estimate of drug-likeness (QED) is 0.546. The standard InChI is InChI=1S/C8H8ClNO/c9-3-1-2-7-4-8(6-11)10-5-7/h1-2,4-6,10H,3H2. The average molecular weight is 170 g/mol. The van der Waals surface area contributed by atoms with Crippen LogP contribution in [-0.2, 0) is 0 Å². The maximum atomic E-state index is 10.2. The molecule has 0 amide bonds. The highest BCUT2D eigenvalue weighted by molar-refractivity contribution is 6.19. The fourth-order valence-electron chi connectivity index (χ4n) is 0.774. The number of aldehydes is 1. The van der Waals surface area contributed by atoms with E-state index in [0.717, 1.165) is 11.8 Å². The second-order valence-corrected chi connectivity index (χ2v) is 2.37. The number of carbonyl (C=O) groups excluding carboxylic acids is 1. The van der Waals surface area contributed by atoms with Gasteiger partial charge in [-0.15, -0.1) is 11.6 Å². The molecule has 0 unspecified atom stereocenters. The van der Waals surface area contributed by atoms with Gasteiger partial charge in [-0.05, 0) is 11.6 Å². The summed E-state index contributed by atoms with van der Waals surface area (Å²) >= 11 is 5.43. The van der Waals surface area contributed by atoms with Crippen molar-refractivity contribution in [1.29, 1.82) is 0 Å². The van der Waals surface area contributed by atoms with Crippen LogP contribution < -0.4 is 0 Å². The molecule has 58 valence electrons. The van der Waals surface area contributed by atoms with E-state index in [9.17, 15) is 4.79 Å². The molecule has 11 heavy (non-hydrogen) atoms. The molecule has 1 aromatic heterocycles. The minimum absolute atomic E-state index is 0.488. The Kier molecular flexibility index (Phi) is 2.93. The SMILES string of the molecule is O=Cc1cc(C=CCCl)c[nH]1. The molecule has 3 heteroatoms. The molecule has 1 heterocycles. The number of allylic oxidation sites excluding steroid dienone is 1. The summed E-state index contributed by atoms with van der Waals surface area (Å²) in [6.45, 7) is 0. The third-order valence-corrected chi connectivity index (χ3v) is 1.43. The first-order chi connectivity index (χ1) is 5.36. The minimum atomic E-state index is 0.488. The van der Waals surface area contributed by atoms with E-state index < -0.39 is 0 Å². The van der Waals surface area contributed by atoms with E-state index in [0.29, 0.717) is 11.6 Å². The molecule has 0 saturated heterocycles. The second-order valence-electron chi connectivity index (χ2n) is 2.06. The normalized spacial score (nSPS) is 10.6. The third kappa shape index (κ3) is 2.24. The number of H-pyrrole nitrogens is 1. The lowest BCUT2D eigenvalue weighted by Crippen LogP contribution is -1.72. The van der Waals surface area contributed by atoms with Crippen LogP contribution in [0.3, 0.4) is 0 Å². The highest BCUT2D eigenvalue weighted by atomic mass is 35.5. The summed E-state index contributed by atoms with van der Waals surface area (Å²) in [6.07, 6.45) is 6.21. The molecule has 0 atom stereocenters. The van der Waals surface area contributed by atoms with E-state index in [2.05, 4.69) is 4.98 Å². The van der Waals surface area contributed by atoms with E-state index in [-0.39, 0.29) is 0 Å². The molecule has 0 bridgehead atoms. The Hall–Kier alpha value is -1.02. The van der Waals surface area contributed by atoms with Crippen LogP contribution in [0, 0.1) is 0 Å². The fourth-order valence-corrected chi connectivity index (χ4v) is 0.864. The van der Waals surface area contributed by atoms with E-state index >= 15 is 0 Å². The van der Waals surface area contributed by atoms with Gasteiger partial charge in [-0.3, -0.25) is 4.79 Å². The van der Waals surface area contributed by atoms with E-state index in [4.69, 9.17) is 11.6 Å². The molecule has 0 aliphatic carbocycles. The Bertz CT molecular complexity index is 265. The Balaban J connectivity index is 2.72. The third-order valence-electron chi connectivity index (χ3n) is 1.25. The van der Waals surface area contributed by atoms with Crippen molar-refractivity contribution in [2.45, 2.75) is 0 Å². The summed E-state index contributed by atoms with van der Waals surface area (Å²) < 4.78 is 0. The molecule has 0 aromatic carbocycles. The summed E-state index contributed by atoms with van der Waals surface area (Å²) in [5, 5.41) is 0. The van der Waals surface area contributed by atoms with Gasteiger partial charge in [-0.2, -0.15) is 0 Å². The van der Waals surface area contributed by atoms with Gasteiger partial charge in [0, 0.05) is 12.1 Å². The van der Waals surface area contributed by atoms with Gasteiger partial charge in [-0.1, -0.05) is 12.2 Å². The minimum Gasteiger partial charge on any atom is -0.358 e. The van der Waals surface area contributed by atoms with Crippen LogP contribution >= 0.6 is 11.6 Å². The molecule has 0 aliphatic heterocycles. The Morgan fingerprint density at radius 2 is 2.45 bits per heavy atom. The van der Waals surface area contributed by atoms with E-state index in [1.807, 2.05) is 12.2 Å². The summed E-state index contributed by atoms with van der Waals surface area (Å²) in [6, 6.07) is 1.76. The summed E-state index contributed by atoms with van der Waals surface area (Å²) in [7, 11) is 0. The average Bonchev–Trinajstić information content (AvgIpc) is 2.48. The van der Waals surface area contributed by atoms with Crippen LogP contribution in [0.25, 0.3) is 6.08 Å². The zero-order chi connectivity index (χ0) is 8.10. The number of nitrogens with one attached hydrogen (secondary N) is 1. The highest BCUT2D eigenvalue weighted by Gasteiger charge is 1.91. The van der Waals surface area contributed by atoms with Gasteiger partial charge in [-0.25, -0.2) is 0 Å². The lowest BCUT2D eigenvalue weighted by molar-refractivity contribution is 0.111. The number of hydrogen-bond acceptors (Lipinski definition) is 1. The van der Waals surface area contributed by atoms with Crippen LogP contribution in [0.1, 0.15) is 16.1 Å². The Morgan fingerprint density at radius 3 is 3.00 bits per heavy atom. The smallest absolute Gasteiger partial charge is 0.166 e. The maximum absolute atomic E-state index is 10.2. The Labute approximate surface area is 69.9 Å². The second kappa shape index (κ2) is 3.98. The lowest BCUT2D eigenvalue weighted by atomic mass is 10.3. The number of carbonyl (C=O) groups is 1. The molecule has 2 nitrogen and oxygen atoms in total. The maximum Gasteiger partial charge on any atom is 0.166 e. The van der Waals surface area contributed by atoms with Crippen molar-refractivity contribution in [2.24, 2.45) is 0 Å². The molecule has 0 radical (unpaired) electrons. The number of alkyl halides is 1. The number of aromatic nitrogens is 1. The van der Waals surface area contributed by atoms with Crippen molar-refractivity contribution in [1.82, 2.24) is 4.98 Å². The number of halogens is 1. The predicted molar refractivity (Wildman–Crippen MR) is 45.9 cm³/mol. The topological polar surface area (TPSA) is 32.9 Å². The number of hydrogen-bond donors (Lipinski definition) is 1. The summed E-state index contributed by atoms with van der Waals surface area (Å²) in [5.74, 6) is 0.488. The molecular weight excluding hydrogens is 162 g/mol. The molecule has 0 spiro atoms. The van der Waals surface area contributed by atoms with Crippen molar-refractivity contribution in [3.05, 3.63) is 29.6 Å². The van der Waals surface area contributed by atoms with Crippen LogP contribution in [0.4, 0.5) is 0 Å². The molecular formula is C8H8ClNO. The first-order valence-corrected chi connectivity index (χ1v) is 3.76. The molecule has 0 aliphatic rings. The van der Waals surface area contributed by atoms with Crippen molar-refractivity contribution < 1.29 is 4.79 Å². The Morgan fingerprint density at radius 1 is 1.64 bits per heavy atom. The van der Waals surface area contributed by atoms with Gasteiger partial charge in [0.25, 0.3) is 0 Å². The van der Waals surface area contributed by atoms with Gasteiger partial charge in [0.2, 0.25) is 0 Å². The number of aromatic amines is 1. The number of rotatable bonds is 3. The van der Waals surface area contributed by atoms with Crippen molar-refractivity contribution in [3.63, 3.8) is 0 Å². The molecule has 0 saturated carbocycles. The van der Waals surface area contributed by atoms with E-state index in [1.54, 1.807) is 12.3 Å². The molecule has 0 fully saturated rings. The predicted octanol–water partition coefficient (Wildman–Crippen LogP) is 2.08. The van der Waals surface area contributed by atoms with Gasteiger partial charge >= 0.3 is 0 Å². The van der Waals surface area contributed by atoms with E-state index in [1.165, 1.54) is 0 Å². The van der Waals surface area contributed by atoms with Crippen LogP contribution in [-0.4, -0.2) is 17.2 Å². The van der Waals surface area contributed by atoms with Gasteiger partial charge in [0.05, 0.1) is 5.69 Å². The zero-order valence-corrected chi connectivity index (χ0v) is 6.64. The summed E-state index contributed by atoms with van der Waals surface area (Å²) in [4.78, 5) is 13.0. The largest absolute Gasteiger partial charge is 0.358 e. The van der Waals surface area contributed by atoms with Crippen LogP contribution in [0.5, 0.6) is 0 Å². The fraction of sp³-hybridized carbons (Fsp3) is 0.125. The highest BCUT2D eigenvalue weighted by Crippen LogP contribution is 2.03. The monoisotopic (exact) mass is 169 g/mol. The summed E-state index contributed by atoms with van der Waals surface area (Å²) in [5.41, 5.74) is 1.55. The molecule has 1 rings (SSSR count). The van der Waals surface area contributed by atoms with Crippen LogP contribution in [0.2, 0.25) is 0 Å². The molecule has 1 aromatic rings. The first kappa shape index (κ1) is 8.08. The van der Waals surface area contributed by atoms with Crippen molar-refractivity contribution >= 4 is 24.0 Å². The van der Waals surface area contributed by atoms with Gasteiger partial charge < -0.3 is 4.98 Å². The first-order valence-electron chi connectivity index (χ1n) is 3.23.